The molecule has 0 bridgehead atoms. The third kappa shape index (κ3) is 5.62. The van der Waals surface area contributed by atoms with Crippen LogP contribution in [0, 0.1) is 15.9 Å². The Morgan fingerprint density at radius 3 is 2.30 bits per heavy atom. The van der Waals surface area contributed by atoms with Gasteiger partial charge in [0.1, 0.15) is 18.1 Å². The van der Waals surface area contributed by atoms with Crippen molar-refractivity contribution in [2.45, 2.75) is 32.0 Å². The number of hydrogen-bond acceptors (Lipinski definition) is 5. The van der Waals surface area contributed by atoms with Gasteiger partial charge in [-0.15, -0.1) is 0 Å². The number of halogens is 1. The summed E-state index contributed by atoms with van der Waals surface area (Å²) in [6, 6.07) is 14.7. The molecule has 0 aliphatic heterocycles. The van der Waals surface area contributed by atoms with Gasteiger partial charge in [-0.2, -0.15) is 0 Å². The molecule has 2 aromatic carbocycles. The third-order valence-electron chi connectivity index (χ3n) is 5.45. The van der Waals surface area contributed by atoms with Gasteiger partial charge in [0.05, 0.1) is 17.7 Å². The molecule has 2 amide bonds. The van der Waals surface area contributed by atoms with Gasteiger partial charge in [-0.25, -0.2) is 4.39 Å². The van der Waals surface area contributed by atoms with Gasteiger partial charge in [0.25, 0.3) is 11.6 Å². The Morgan fingerprint density at radius 1 is 1.03 bits per heavy atom. The Balaban J connectivity index is 1.51. The molecule has 3 aromatic rings. The van der Waals surface area contributed by atoms with Crippen molar-refractivity contribution >= 4 is 17.5 Å². The highest BCUT2D eigenvalue weighted by Gasteiger charge is 2.35. The number of amides is 2. The predicted molar refractivity (Wildman–Crippen MR) is 117 cm³/mol. The maximum Gasteiger partial charge on any atom is 0.269 e. The van der Waals surface area contributed by atoms with Crippen LogP contribution in [0.15, 0.2) is 71.3 Å². The minimum absolute atomic E-state index is 0.0482. The highest BCUT2D eigenvalue weighted by atomic mass is 19.1. The van der Waals surface area contributed by atoms with Crippen LogP contribution in [0.1, 0.15) is 34.5 Å². The van der Waals surface area contributed by atoms with E-state index >= 15 is 0 Å². The van der Waals surface area contributed by atoms with Gasteiger partial charge in [0.2, 0.25) is 5.91 Å². The average Bonchev–Trinajstić information content (AvgIpc) is 3.53. The molecule has 0 radical (unpaired) electrons. The largest absolute Gasteiger partial charge is 0.467 e. The molecule has 8 nitrogen and oxygen atoms in total. The lowest BCUT2D eigenvalue weighted by molar-refractivity contribution is -0.384. The smallest absolute Gasteiger partial charge is 0.269 e. The van der Waals surface area contributed by atoms with Gasteiger partial charge in [-0.1, -0.05) is 12.1 Å². The fraction of sp³-hybridized carbons (Fsp3) is 0.250. The molecule has 33 heavy (non-hydrogen) atoms. The molecule has 170 valence electrons. The molecular weight excluding hydrogens is 429 g/mol. The van der Waals surface area contributed by atoms with E-state index in [1.54, 1.807) is 29.2 Å². The summed E-state index contributed by atoms with van der Waals surface area (Å²) < 4.78 is 18.7. The molecule has 0 saturated heterocycles. The highest BCUT2D eigenvalue weighted by molar-refractivity contribution is 5.97. The second-order valence-electron chi connectivity index (χ2n) is 7.92. The van der Waals surface area contributed by atoms with Crippen LogP contribution in [0.3, 0.4) is 0 Å². The Bertz CT molecular complexity index is 1130. The number of hydrogen-bond donors (Lipinski definition) is 0. The minimum atomic E-state index is -0.529. The number of carbonyl (C=O) groups is 2. The number of non-ortho nitro benzene ring substituents is 1. The maximum atomic E-state index is 13.3. The molecular formula is C24H22FN3O5. The first kappa shape index (κ1) is 22.2. The second kappa shape index (κ2) is 9.64. The van der Waals surface area contributed by atoms with Crippen LogP contribution >= 0.6 is 0 Å². The van der Waals surface area contributed by atoms with Crippen molar-refractivity contribution in [3.63, 3.8) is 0 Å². The lowest BCUT2D eigenvalue weighted by atomic mass is 10.1. The monoisotopic (exact) mass is 451 g/mol. The number of nitrogens with zero attached hydrogens (tertiary/aromatic N) is 3. The zero-order valence-electron chi connectivity index (χ0n) is 17.7. The molecule has 1 fully saturated rings. The van der Waals surface area contributed by atoms with E-state index in [4.69, 9.17) is 4.42 Å². The van der Waals surface area contributed by atoms with E-state index < -0.39 is 4.92 Å². The zero-order valence-corrected chi connectivity index (χ0v) is 17.7. The number of furan rings is 1. The summed E-state index contributed by atoms with van der Waals surface area (Å²) in [7, 11) is 0. The van der Waals surface area contributed by atoms with Crippen molar-refractivity contribution in [1.82, 2.24) is 9.80 Å². The fourth-order valence-corrected chi connectivity index (χ4v) is 3.52. The first-order chi connectivity index (χ1) is 15.9. The summed E-state index contributed by atoms with van der Waals surface area (Å²) in [5.74, 6) is -0.403. The number of rotatable bonds is 9. The zero-order chi connectivity index (χ0) is 23.4. The summed E-state index contributed by atoms with van der Waals surface area (Å²) >= 11 is 0. The van der Waals surface area contributed by atoms with E-state index in [1.165, 1.54) is 47.6 Å². The van der Waals surface area contributed by atoms with Crippen LogP contribution in [0.5, 0.6) is 0 Å². The standard InChI is InChI=1S/C24H22FN3O5/c25-19-7-3-17(4-8-19)14-26(15-22-2-1-13-33-22)23(29)16-27(20-11-12-20)24(30)18-5-9-21(10-6-18)28(31)32/h1-10,13,20H,11-12,14-16H2. The number of nitro groups is 1. The van der Waals surface area contributed by atoms with Gasteiger partial charge < -0.3 is 14.2 Å². The maximum absolute atomic E-state index is 13.3. The van der Waals surface area contributed by atoms with Crippen LogP contribution in [0.4, 0.5) is 10.1 Å². The van der Waals surface area contributed by atoms with E-state index in [0.29, 0.717) is 5.76 Å². The molecule has 0 atom stereocenters. The minimum Gasteiger partial charge on any atom is -0.467 e. The van der Waals surface area contributed by atoms with Crippen molar-refractivity contribution in [2.24, 2.45) is 0 Å². The second-order valence-corrected chi connectivity index (χ2v) is 7.92. The Morgan fingerprint density at radius 2 is 1.73 bits per heavy atom. The van der Waals surface area contributed by atoms with Crippen molar-refractivity contribution < 1.29 is 23.3 Å². The van der Waals surface area contributed by atoms with Crippen molar-refractivity contribution in [1.29, 1.82) is 0 Å². The number of carbonyl (C=O) groups excluding carboxylic acids is 2. The molecule has 1 heterocycles. The highest BCUT2D eigenvalue weighted by Crippen LogP contribution is 2.29. The first-order valence-corrected chi connectivity index (χ1v) is 10.5. The summed E-state index contributed by atoms with van der Waals surface area (Å²) in [5, 5.41) is 10.9. The van der Waals surface area contributed by atoms with Gasteiger partial charge in [0, 0.05) is 30.3 Å². The van der Waals surface area contributed by atoms with Crippen molar-refractivity contribution in [3.8, 4) is 0 Å². The summed E-state index contributed by atoms with van der Waals surface area (Å²) in [4.78, 5) is 39.8. The molecule has 1 aromatic heterocycles. The quantitative estimate of drug-likeness (QED) is 0.359. The Kier molecular flexibility index (Phi) is 6.48. The number of nitro benzene ring substituents is 1. The third-order valence-corrected chi connectivity index (χ3v) is 5.45. The lowest BCUT2D eigenvalue weighted by Crippen LogP contribution is -2.43. The first-order valence-electron chi connectivity index (χ1n) is 10.5. The predicted octanol–water partition coefficient (Wildman–Crippen LogP) is 4.16. The molecule has 4 rings (SSSR count). The molecule has 0 N–H and O–H groups in total. The molecule has 1 aliphatic rings. The molecule has 1 aliphatic carbocycles. The van der Waals surface area contributed by atoms with Crippen molar-refractivity contribution in [2.75, 3.05) is 6.54 Å². The van der Waals surface area contributed by atoms with Crippen LogP contribution in [0.2, 0.25) is 0 Å². The normalized spacial score (nSPS) is 12.9. The van der Waals surface area contributed by atoms with Gasteiger partial charge in [-0.3, -0.25) is 19.7 Å². The summed E-state index contributed by atoms with van der Waals surface area (Å²) in [6.45, 7) is 0.292. The summed E-state index contributed by atoms with van der Waals surface area (Å²) in [6.07, 6.45) is 3.11. The molecule has 0 unspecified atom stereocenters. The van der Waals surface area contributed by atoms with Crippen molar-refractivity contribution in [3.05, 3.63) is 99.7 Å². The molecule has 0 spiro atoms. The van der Waals surface area contributed by atoms with E-state index in [1.807, 2.05) is 0 Å². The molecule has 1 saturated carbocycles. The fourth-order valence-electron chi connectivity index (χ4n) is 3.52. The van der Waals surface area contributed by atoms with Gasteiger partial charge in [-0.05, 0) is 54.8 Å². The lowest BCUT2D eigenvalue weighted by Gasteiger charge is -2.27. The molecule has 9 heteroatoms. The topological polar surface area (TPSA) is 96.9 Å². The SMILES string of the molecule is O=C(CN(C(=O)c1ccc([N+](=O)[O-])cc1)C1CC1)N(Cc1ccc(F)cc1)Cc1ccco1. The van der Waals surface area contributed by atoms with E-state index in [2.05, 4.69) is 0 Å². The van der Waals surface area contributed by atoms with Gasteiger partial charge >= 0.3 is 0 Å². The van der Waals surface area contributed by atoms with Gasteiger partial charge in [0.15, 0.2) is 0 Å². The van der Waals surface area contributed by atoms with Crippen LogP contribution in [0.25, 0.3) is 0 Å². The summed E-state index contributed by atoms with van der Waals surface area (Å²) in [5.41, 5.74) is 0.928. The number of benzene rings is 2. The Hall–Kier alpha value is -4.01. The Labute approximate surface area is 189 Å². The van der Waals surface area contributed by atoms with Crippen LogP contribution in [-0.2, 0) is 17.9 Å². The van der Waals surface area contributed by atoms with Crippen LogP contribution in [-0.4, -0.2) is 39.1 Å². The van der Waals surface area contributed by atoms with E-state index in [9.17, 15) is 24.1 Å². The van der Waals surface area contributed by atoms with E-state index in [0.717, 1.165) is 18.4 Å². The van der Waals surface area contributed by atoms with Crippen LogP contribution < -0.4 is 0 Å². The average molecular weight is 451 g/mol. The van der Waals surface area contributed by atoms with E-state index in [-0.39, 0.29) is 54.6 Å².